The van der Waals surface area contributed by atoms with Gasteiger partial charge in [-0.05, 0) is 37.1 Å². The predicted octanol–water partition coefficient (Wildman–Crippen LogP) is 3.10. The van der Waals surface area contributed by atoms with Crippen molar-refractivity contribution in [2.75, 3.05) is 0 Å². The van der Waals surface area contributed by atoms with Crippen molar-refractivity contribution in [1.29, 1.82) is 0 Å². The van der Waals surface area contributed by atoms with Crippen LogP contribution in [0, 0.1) is 18.7 Å². The number of thiazole rings is 1. The topological polar surface area (TPSA) is 79.3 Å². The van der Waals surface area contributed by atoms with Crippen LogP contribution in [0.1, 0.15) is 29.2 Å². The molecule has 0 radical (unpaired) electrons. The molecule has 1 heterocycles. The van der Waals surface area contributed by atoms with Crippen molar-refractivity contribution < 1.29 is 19.1 Å². The Morgan fingerprint density at radius 2 is 1.87 bits per heavy atom. The first-order valence-electron chi connectivity index (χ1n) is 7.06. The quantitative estimate of drug-likeness (QED) is 0.879. The van der Waals surface area contributed by atoms with Gasteiger partial charge < -0.3 is 10.4 Å². The lowest BCUT2D eigenvalue weighted by molar-refractivity contribution is -0.140. The molecule has 0 aliphatic heterocycles. The molecule has 5 nitrogen and oxygen atoms in total. The summed E-state index contributed by atoms with van der Waals surface area (Å²) >= 11 is 1.15. The average Bonchev–Trinajstić information content (AvgIpc) is 2.86. The molecule has 7 heteroatoms. The molecule has 0 saturated heterocycles. The Bertz CT molecular complexity index is 725. The minimum Gasteiger partial charge on any atom is -0.480 e. The van der Waals surface area contributed by atoms with E-state index >= 15 is 0 Å². The number of benzene rings is 1. The molecule has 2 aromatic rings. The van der Waals surface area contributed by atoms with Gasteiger partial charge in [0.1, 0.15) is 21.7 Å². The molecule has 1 aromatic carbocycles. The van der Waals surface area contributed by atoms with E-state index in [1.54, 1.807) is 32.9 Å². The van der Waals surface area contributed by atoms with Crippen LogP contribution in [-0.4, -0.2) is 28.0 Å². The summed E-state index contributed by atoms with van der Waals surface area (Å²) in [7, 11) is 0. The maximum Gasteiger partial charge on any atom is 0.326 e. The Balaban J connectivity index is 2.25. The second-order valence-electron chi connectivity index (χ2n) is 5.47. The van der Waals surface area contributed by atoms with Gasteiger partial charge in [-0.3, -0.25) is 4.79 Å². The van der Waals surface area contributed by atoms with Crippen LogP contribution in [0.3, 0.4) is 0 Å². The van der Waals surface area contributed by atoms with Crippen LogP contribution in [0.4, 0.5) is 4.39 Å². The van der Waals surface area contributed by atoms with Crippen LogP contribution in [0.15, 0.2) is 24.3 Å². The van der Waals surface area contributed by atoms with Crippen LogP contribution in [-0.2, 0) is 4.79 Å². The third-order valence-electron chi connectivity index (χ3n) is 3.31. The van der Waals surface area contributed by atoms with Crippen molar-refractivity contribution in [3.8, 4) is 10.6 Å². The molecule has 1 aromatic heterocycles. The summed E-state index contributed by atoms with van der Waals surface area (Å²) in [5, 5.41) is 12.3. The highest BCUT2D eigenvalue weighted by molar-refractivity contribution is 7.17. The number of hydrogen-bond acceptors (Lipinski definition) is 4. The lowest BCUT2D eigenvalue weighted by Crippen LogP contribution is -2.44. The third kappa shape index (κ3) is 3.92. The minimum atomic E-state index is -1.07. The molecule has 0 fully saturated rings. The summed E-state index contributed by atoms with van der Waals surface area (Å²) in [6, 6.07) is 4.86. The largest absolute Gasteiger partial charge is 0.480 e. The summed E-state index contributed by atoms with van der Waals surface area (Å²) in [6.45, 7) is 5.13. The normalized spacial score (nSPS) is 12.2. The number of carboxylic acid groups (broad SMARTS) is 1. The molecule has 2 N–H and O–H groups in total. The number of nitrogens with one attached hydrogen (secondary N) is 1. The highest BCUT2D eigenvalue weighted by atomic mass is 32.1. The molecule has 0 spiro atoms. The van der Waals surface area contributed by atoms with E-state index in [1.807, 2.05) is 0 Å². The molecule has 0 bridgehead atoms. The van der Waals surface area contributed by atoms with Gasteiger partial charge in [0.05, 0.1) is 5.69 Å². The van der Waals surface area contributed by atoms with Crippen LogP contribution in [0.5, 0.6) is 0 Å². The van der Waals surface area contributed by atoms with Crippen molar-refractivity contribution in [3.05, 3.63) is 40.7 Å². The van der Waals surface area contributed by atoms with Gasteiger partial charge in [0.2, 0.25) is 0 Å². The maximum atomic E-state index is 13.0. The number of amides is 1. The molecule has 1 amide bonds. The van der Waals surface area contributed by atoms with Gasteiger partial charge in [-0.15, -0.1) is 11.3 Å². The fraction of sp³-hybridized carbons (Fsp3) is 0.312. The molecule has 0 aliphatic carbocycles. The number of carbonyl (C=O) groups excluding carboxylic acids is 1. The van der Waals surface area contributed by atoms with Crippen molar-refractivity contribution in [1.82, 2.24) is 10.3 Å². The Labute approximate surface area is 137 Å². The molecule has 1 atom stereocenters. The van der Waals surface area contributed by atoms with Crippen LogP contribution < -0.4 is 5.32 Å². The van der Waals surface area contributed by atoms with Gasteiger partial charge >= 0.3 is 5.97 Å². The Morgan fingerprint density at radius 3 is 2.39 bits per heavy atom. The van der Waals surface area contributed by atoms with Gasteiger partial charge in [-0.1, -0.05) is 13.8 Å². The van der Waals surface area contributed by atoms with E-state index in [4.69, 9.17) is 5.11 Å². The molecule has 0 saturated carbocycles. The number of aromatic nitrogens is 1. The van der Waals surface area contributed by atoms with Gasteiger partial charge in [0.15, 0.2) is 0 Å². The summed E-state index contributed by atoms with van der Waals surface area (Å²) in [5.74, 6) is -2.12. The highest BCUT2D eigenvalue weighted by Gasteiger charge is 2.26. The van der Waals surface area contributed by atoms with Crippen LogP contribution >= 0.6 is 11.3 Å². The monoisotopic (exact) mass is 336 g/mol. The summed E-state index contributed by atoms with van der Waals surface area (Å²) in [6.07, 6.45) is 0. The van der Waals surface area contributed by atoms with E-state index in [-0.39, 0.29) is 11.7 Å². The third-order valence-corrected chi connectivity index (χ3v) is 4.52. The molecular weight excluding hydrogens is 319 g/mol. The number of aryl methyl sites for hydroxylation is 1. The van der Waals surface area contributed by atoms with Gasteiger partial charge in [-0.2, -0.15) is 0 Å². The minimum absolute atomic E-state index is 0.235. The van der Waals surface area contributed by atoms with E-state index in [0.717, 1.165) is 11.3 Å². The smallest absolute Gasteiger partial charge is 0.326 e. The SMILES string of the molecule is Cc1nc(-c2ccc(F)cc2)sc1C(=O)N[C@@H](C(=O)O)C(C)C. The first-order chi connectivity index (χ1) is 10.8. The number of carboxylic acids is 1. The number of carbonyl (C=O) groups is 2. The van der Waals surface area contributed by atoms with E-state index in [0.29, 0.717) is 21.1 Å². The van der Waals surface area contributed by atoms with Crippen LogP contribution in [0.2, 0.25) is 0 Å². The molecule has 0 unspecified atom stereocenters. The fourth-order valence-electron chi connectivity index (χ4n) is 2.04. The lowest BCUT2D eigenvalue weighted by atomic mass is 10.0. The average molecular weight is 336 g/mol. The summed E-state index contributed by atoms with van der Waals surface area (Å²) in [4.78, 5) is 28.2. The number of rotatable bonds is 5. The Kier molecular flexibility index (Phi) is 5.10. The van der Waals surface area contributed by atoms with Crippen molar-refractivity contribution in [2.45, 2.75) is 26.8 Å². The first kappa shape index (κ1) is 17.1. The molecule has 122 valence electrons. The van der Waals surface area contributed by atoms with Gasteiger partial charge in [0.25, 0.3) is 5.91 Å². The number of aliphatic carboxylic acids is 1. The summed E-state index contributed by atoms with van der Waals surface area (Å²) < 4.78 is 13.0. The molecule has 23 heavy (non-hydrogen) atoms. The lowest BCUT2D eigenvalue weighted by Gasteiger charge is -2.17. The van der Waals surface area contributed by atoms with Crippen molar-refractivity contribution in [3.63, 3.8) is 0 Å². The standard InChI is InChI=1S/C16H17FN2O3S/c1-8(2)12(16(21)22)19-14(20)13-9(3)18-15(23-13)10-4-6-11(17)7-5-10/h4-8,12H,1-3H3,(H,19,20)(H,21,22)/t12-/m1/s1. The highest BCUT2D eigenvalue weighted by Crippen LogP contribution is 2.28. The predicted molar refractivity (Wildman–Crippen MR) is 86.0 cm³/mol. The van der Waals surface area contributed by atoms with E-state index < -0.39 is 17.9 Å². The van der Waals surface area contributed by atoms with Gasteiger partial charge in [0, 0.05) is 5.56 Å². The van der Waals surface area contributed by atoms with Gasteiger partial charge in [-0.25, -0.2) is 14.2 Å². The number of halogens is 1. The van der Waals surface area contributed by atoms with Crippen molar-refractivity contribution >= 4 is 23.2 Å². The second-order valence-corrected chi connectivity index (χ2v) is 6.47. The van der Waals surface area contributed by atoms with E-state index in [9.17, 15) is 14.0 Å². The molecular formula is C16H17FN2O3S. The zero-order valence-corrected chi connectivity index (χ0v) is 13.8. The Morgan fingerprint density at radius 1 is 1.26 bits per heavy atom. The first-order valence-corrected chi connectivity index (χ1v) is 7.88. The van der Waals surface area contributed by atoms with E-state index in [2.05, 4.69) is 10.3 Å². The number of hydrogen-bond donors (Lipinski definition) is 2. The Hall–Kier alpha value is -2.28. The van der Waals surface area contributed by atoms with Crippen molar-refractivity contribution in [2.24, 2.45) is 5.92 Å². The molecule has 0 aliphatic rings. The zero-order valence-electron chi connectivity index (χ0n) is 13.0. The zero-order chi connectivity index (χ0) is 17.1. The second kappa shape index (κ2) is 6.87. The van der Waals surface area contributed by atoms with E-state index in [1.165, 1.54) is 12.1 Å². The number of nitrogens with zero attached hydrogens (tertiary/aromatic N) is 1. The van der Waals surface area contributed by atoms with Crippen LogP contribution in [0.25, 0.3) is 10.6 Å². The maximum absolute atomic E-state index is 13.0. The fourth-order valence-corrected chi connectivity index (χ4v) is 3.02. The molecule has 2 rings (SSSR count). The summed E-state index contributed by atoms with van der Waals surface area (Å²) in [5.41, 5.74) is 1.22.